The number of hydrogen-bond acceptors (Lipinski definition) is 3. The summed E-state index contributed by atoms with van der Waals surface area (Å²) < 4.78 is 3.67. The first-order valence-corrected chi connectivity index (χ1v) is 8.40. The number of aromatic nitrogens is 2. The fourth-order valence-corrected chi connectivity index (χ4v) is 4.11. The number of hydrogen-bond donors (Lipinski definition) is 1. The third-order valence-electron chi connectivity index (χ3n) is 3.80. The molecule has 1 fully saturated rings. The molecule has 0 atom stereocenters. The molecule has 3 nitrogen and oxygen atoms in total. The maximum Gasteiger partial charge on any atom is 0.143 e. The fraction of sp³-hybridized carbons (Fsp3) is 0.267. The minimum absolute atomic E-state index is 0.517. The van der Waals surface area contributed by atoms with Crippen molar-refractivity contribution in [3.8, 4) is 11.4 Å². The minimum atomic E-state index is 0.517. The molecule has 6 heteroatoms. The predicted octanol–water partition coefficient (Wildman–Crippen LogP) is 4.87. The second-order valence-electron chi connectivity index (χ2n) is 5.30. The molecule has 4 rings (SSSR count). The molecule has 0 aliphatic heterocycles. The van der Waals surface area contributed by atoms with Crippen molar-refractivity contribution in [1.29, 1.82) is 0 Å². The van der Waals surface area contributed by atoms with Crippen LogP contribution in [0.5, 0.6) is 0 Å². The highest BCUT2D eigenvalue weighted by atomic mass is 35.5. The Labute approximate surface area is 136 Å². The van der Waals surface area contributed by atoms with Gasteiger partial charge in [-0.15, -0.1) is 11.3 Å². The highest BCUT2D eigenvalue weighted by Gasteiger charge is 2.29. The van der Waals surface area contributed by atoms with Crippen molar-refractivity contribution in [2.45, 2.75) is 25.4 Å². The van der Waals surface area contributed by atoms with E-state index in [-0.39, 0.29) is 0 Å². The lowest BCUT2D eigenvalue weighted by molar-refractivity contribution is 0.775. The Kier molecular flexibility index (Phi) is 3.23. The van der Waals surface area contributed by atoms with Gasteiger partial charge in [0.2, 0.25) is 0 Å². The van der Waals surface area contributed by atoms with Gasteiger partial charge in [-0.2, -0.15) is 0 Å². The smallest absolute Gasteiger partial charge is 0.143 e. The number of thiophene rings is 1. The van der Waals surface area contributed by atoms with Gasteiger partial charge in [0.1, 0.15) is 10.2 Å². The largest absolute Gasteiger partial charge is 0.326 e. The molecule has 3 aromatic rings. The first kappa shape index (κ1) is 13.6. The number of fused-ring (bicyclic) bond motifs is 1. The van der Waals surface area contributed by atoms with Crippen molar-refractivity contribution in [3.63, 3.8) is 0 Å². The number of benzene rings is 1. The Bertz CT molecular complexity index is 833. The first-order chi connectivity index (χ1) is 10.2. The lowest BCUT2D eigenvalue weighted by atomic mass is 10.2. The molecule has 108 valence electrons. The molecule has 1 aromatic carbocycles. The monoisotopic (exact) mass is 337 g/mol. The van der Waals surface area contributed by atoms with E-state index in [4.69, 9.17) is 33.9 Å². The van der Waals surface area contributed by atoms with Crippen molar-refractivity contribution in [2.24, 2.45) is 5.73 Å². The van der Waals surface area contributed by atoms with Crippen molar-refractivity contribution in [3.05, 3.63) is 38.5 Å². The van der Waals surface area contributed by atoms with Crippen LogP contribution in [0.4, 0.5) is 0 Å². The molecule has 21 heavy (non-hydrogen) atoms. The molecule has 0 spiro atoms. The Morgan fingerprint density at radius 2 is 2.10 bits per heavy atom. The molecule has 1 aliphatic carbocycles. The average Bonchev–Trinajstić information content (AvgIpc) is 3.15. The van der Waals surface area contributed by atoms with E-state index >= 15 is 0 Å². The van der Waals surface area contributed by atoms with Gasteiger partial charge >= 0.3 is 0 Å². The summed E-state index contributed by atoms with van der Waals surface area (Å²) in [5.41, 5.74) is 9.84. The number of imidazole rings is 1. The maximum atomic E-state index is 6.32. The summed E-state index contributed by atoms with van der Waals surface area (Å²) in [6.45, 7) is 0.520. The van der Waals surface area contributed by atoms with Crippen LogP contribution in [0.25, 0.3) is 22.4 Å². The quantitative estimate of drug-likeness (QED) is 0.741. The topological polar surface area (TPSA) is 43.8 Å². The summed E-state index contributed by atoms with van der Waals surface area (Å²) in [5, 5.41) is 0. The fourth-order valence-electron chi connectivity index (χ4n) is 2.66. The summed E-state index contributed by atoms with van der Waals surface area (Å²) in [6.07, 6.45) is 2.37. The molecule has 0 unspecified atom stereocenters. The molecule has 1 aliphatic rings. The van der Waals surface area contributed by atoms with Crippen LogP contribution in [-0.2, 0) is 6.54 Å². The van der Waals surface area contributed by atoms with Crippen molar-refractivity contribution < 1.29 is 0 Å². The van der Waals surface area contributed by atoms with Gasteiger partial charge in [0.25, 0.3) is 0 Å². The van der Waals surface area contributed by atoms with Crippen LogP contribution in [0.2, 0.25) is 8.67 Å². The van der Waals surface area contributed by atoms with Gasteiger partial charge in [-0.05, 0) is 36.6 Å². The van der Waals surface area contributed by atoms with E-state index in [0.29, 0.717) is 21.3 Å². The SMILES string of the molecule is NCc1ccc2c(c1)nc(-c1cc(Cl)sc1Cl)n2C1CC1. The van der Waals surface area contributed by atoms with Gasteiger partial charge < -0.3 is 10.3 Å². The van der Waals surface area contributed by atoms with Crippen molar-refractivity contribution >= 4 is 45.6 Å². The number of nitrogens with two attached hydrogens (primary N) is 1. The van der Waals surface area contributed by atoms with E-state index < -0.39 is 0 Å². The number of nitrogens with zero attached hydrogens (tertiary/aromatic N) is 2. The molecular formula is C15H13Cl2N3S. The molecule has 1 saturated carbocycles. The van der Waals surface area contributed by atoms with Gasteiger partial charge in [0.15, 0.2) is 0 Å². The second-order valence-corrected chi connectivity index (χ2v) is 7.59. The van der Waals surface area contributed by atoms with Gasteiger partial charge in [0.05, 0.1) is 15.4 Å². The van der Waals surface area contributed by atoms with Crippen LogP contribution in [0.3, 0.4) is 0 Å². The lowest BCUT2D eigenvalue weighted by Crippen LogP contribution is -1.98. The van der Waals surface area contributed by atoms with E-state index in [9.17, 15) is 0 Å². The predicted molar refractivity (Wildman–Crippen MR) is 89.2 cm³/mol. The highest BCUT2D eigenvalue weighted by Crippen LogP contribution is 2.45. The van der Waals surface area contributed by atoms with Crippen LogP contribution >= 0.6 is 34.5 Å². The second kappa shape index (κ2) is 4.99. The zero-order valence-electron chi connectivity index (χ0n) is 11.1. The minimum Gasteiger partial charge on any atom is -0.326 e. The highest BCUT2D eigenvalue weighted by molar-refractivity contribution is 7.20. The Hall–Kier alpha value is -1.07. The van der Waals surface area contributed by atoms with E-state index in [1.807, 2.05) is 6.07 Å². The Morgan fingerprint density at radius 3 is 2.71 bits per heavy atom. The number of rotatable bonds is 3. The van der Waals surface area contributed by atoms with Gasteiger partial charge in [-0.3, -0.25) is 0 Å². The van der Waals surface area contributed by atoms with Crippen molar-refractivity contribution in [2.75, 3.05) is 0 Å². The van der Waals surface area contributed by atoms with E-state index in [1.54, 1.807) is 0 Å². The molecule has 0 amide bonds. The van der Waals surface area contributed by atoms with E-state index in [1.165, 1.54) is 24.2 Å². The van der Waals surface area contributed by atoms with Crippen LogP contribution < -0.4 is 5.73 Å². The van der Waals surface area contributed by atoms with E-state index in [2.05, 4.69) is 22.8 Å². The maximum absolute atomic E-state index is 6.32. The van der Waals surface area contributed by atoms with Crippen LogP contribution in [0.1, 0.15) is 24.4 Å². The summed E-state index contributed by atoms with van der Waals surface area (Å²) in [5.74, 6) is 0.912. The van der Waals surface area contributed by atoms with Crippen LogP contribution in [-0.4, -0.2) is 9.55 Å². The average molecular weight is 338 g/mol. The van der Waals surface area contributed by atoms with Gasteiger partial charge in [0, 0.05) is 18.2 Å². The van der Waals surface area contributed by atoms with Crippen molar-refractivity contribution in [1.82, 2.24) is 9.55 Å². The lowest BCUT2D eigenvalue weighted by Gasteiger charge is -2.06. The first-order valence-electron chi connectivity index (χ1n) is 6.83. The molecule has 2 N–H and O–H groups in total. The molecule has 0 radical (unpaired) electrons. The summed E-state index contributed by atoms with van der Waals surface area (Å²) in [7, 11) is 0. The standard InChI is InChI=1S/C15H13Cl2N3S/c16-13-6-10(14(17)21-13)15-19-11-5-8(7-18)1-4-12(11)20(15)9-2-3-9/h1,4-6,9H,2-3,7,18H2. The number of halogens is 2. The summed E-state index contributed by atoms with van der Waals surface area (Å²) >= 11 is 13.8. The zero-order chi connectivity index (χ0) is 14.6. The molecule has 2 heterocycles. The van der Waals surface area contributed by atoms with Gasteiger partial charge in [-0.1, -0.05) is 29.3 Å². The third kappa shape index (κ3) is 2.27. The third-order valence-corrected chi connectivity index (χ3v) is 5.29. The van der Waals surface area contributed by atoms with E-state index in [0.717, 1.165) is 28.0 Å². The molecule has 2 aromatic heterocycles. The normalized spacial score (nSPS) is 15.0. The molecule has 0 saturated heterocycles. The van der Waals surface area contributed by atoms with Crippen LogP contribution in [0, 0.1) is 0 Å². The summed E-state index contributed by atoms with van der Waals surface area (Å²) in [4.78, 5) is 4.80. The molecular weight excluding hydrogens is 325 g/mol. The summed E-state index contributed by atoms with van der Waals surface area (Å²) in [6, 6.07) is 8.64. The van der Waals surface area contributed by atoms with Crippen LogP contribution in [0.15, 0.2) is 24.3 Å². The Balaban J connectivity index is 1.99. The molecule has 0 bridgehead atoms. The zero-order valence-corrected chi connectivity index (χ0v) is 13.5. The Morgan fingerprint density at radius 1 is 1.29 bits per heavy atom. The van der Waals surface area contributed by atoms with Gasteiger partial charge in [-0.25, -0.2) is 4.98 Å².